The molecule has 1 aromatic heterocycles. The van der Waals surface area contributed by atoms with Crippen LogP contribution in [0.4, 0.5) is 0 Å². The molecule has 0 amide bonds. The molecular weight excluding hydrogens is 268 g/mol. The molecule has 0 aromatic carbocycles. The van der Waals surface area contributed by atoms with E-state index in [0.29, 0.717) is 4.90 Å². The fraction of sp³-hybridized carbons (Fsp3) is 0.667. The van der Waals surface area contributed by atoms with Gasteiger partial charge in [-0.05, 0) is 30.2 Å². The number of rotatable bonds is 6. The third-order valence-corrected chi connectivity index (χ3v) is 5.97. The predicted molar refractivity (Wildman–Crippen MR) is 76.2 cm³/mol. The summed E-state index contributed by atoms with van der Waals surface area (Å²) in [6.45, 7) is 8.08. The van der Waals surface area contributed by atoms with Crippen LogP contribution in [0.2, 0.25) is 0 Å². The van der Waals surface area contributed by atoms with Crippen LogP contribution in [0.25, 0.3) is 0 Å². The van der Waals surface area contributed by atoms with E-state index in [1.54, 1.807) is 6.92 Å². The lowest BCUT2D eigenvalue weighted by molar-refractivity contribution is 0.437. The Bertz CT molecular complexity index is 492. The molecule has 1 unspecified atom stereocenters. The smallest absolute Gasteiger partial charge is 0.242 e. The van der Waals surface area contributed by atoms with Gasteiger partial charge in [0, 0.05) is 17.5 Å². The molecule has 1 heterocycles. The first-order valence-corrected chi connectivity index (χ1v) is 8.49. The molecule has 0 saturated heterocycles. The van der Waals surface area contributed by atoms with Gasteiger partial charge in [0.2, 0.25) is 10.0 Å². The number of nitrogens with one attached hydrogen (secondary N) is 1. The maximum atomic E-state index is 12.4. The minimum Gasteiger partial charge on any atom is -0.326 e. The van der Waals surface area contributed by atoms with Crippen LogP contribution < -0.4 is 10.5 Å². The van der Waals surface area contributed by atoms with Crippen LogP contribution in [0.15, 0.2) is 10.3 Å². The van der Waals surface area contributed by atoms with Crippen LogP contribution in [-0.2, 0) is 16.6 Å². The molecule has 0 aliphatic heterocycles. The SMILES string of the molecule is CCC(NS(=O)(=O)c1c(C)csc1CN)C(C)C. The summed E-state index contributed by atoms with van der Waals surface area (Å²) in [7, 11) is -3.47. The van der Waals surface area contributed by atoms with Gasteiger partial charge in [-0.15, -0.1) is 11.3 Å². The van der Waals surface area contributed by atoms with E-state index in [9.17, 15) is 8.42 Å². The second kappa shape index (κ2) is 6.14. The molecule has 0 aliphatic carbocycles. The first kappa shape index (κ1) is 15.6. The molecule has 0 spiro atoms. The standard InChI is InChI=1S/C12H22N2O2S2/c1-5-10(8(2)3)14-18(15,16)12-9(4)7-17-11(12)6-13/h7-8,10,14H,5-6,13H2,1-4H3. The zero-order chi connectivity index (χ0) is 13.9. The van der Waals surface area contributed by atoms with Crippen molar-refractivity contribution in [2.45, 2.75) is 51.6 Å². The zero-order valence-corrected chi connectivity index (χ0v) is 13.0. The summed E-state index contributed by atoms with van der Waals surface area (Å²) in [5.74, 6) is 0.269. The Hall–Kier alpha value is -0.430. The Kier molecular flexibility index (Phi) is 5.33. The summed E-state index contributed by atoms with van der Waals surface area (Å²) < 4.78 is 27.6. The van der Waals surface area contributed by atoms with Gasteiger partial charge in [-0.2, -0.15) is 0 Å². The van der Waals surface area contributed by atoms with Crippen LogP contribution in [0.3, 0.4) is 0 Å². The highest BCUT2D eigenvalue weighted by Gasteiger charge is 2.26. The molecule has 18 heavy (non-hydrogen) atoms. The van der Waals surface area contributed by atoms with E-state index in [-0.39, 0.29) is 18.5 Å². The Morgan fingerprint density at radius 2 is 2.06 bits per heavy atom. The first-order valence-electron chi connectivity index (χ1n) is 6.12. The van der Waals surface area contributed by atoms with Crippen molar-refractivity contribution >= 4 is 21.4 Å². The summed E-state index contributed by atoms with van der Waals surface area (Å²) in [5.41, 5.74) is 6.37. The van der Waals surface area contributed by atoms with Gasteiger partial charge in [-0.25, -0.2) is 13.1 Å². The van der Waals surface area contributed by atoms with E-state index in [1.165, 1.54) is 11.3 Å². The molecule has 104 valence electrons. The Balaban J connectivity index is 3.10. The van der Waals surface area contributed by atoms with Crippen LogP contribution in [0.5, 0.6) is 0 Å². The van der Waals surface area contributed by atoms with Crippen molar-refractivity contribution in [3.8, 4) is 0 Å². The van der Waals surface area contributed by atoms with Crippen molar-refractivity contribution < 1.29 is 8.42 Å². The number of sulfonamides is 1. The Labute approximate surface area is 114 Å². The fourth-order valence-corrected chi connectivity index (χ4v) is 5.11. The maximum Gasteiger partial charge on any atom is 0.242 e. The van der Waals surface area contributed by atoms with Gasteiger partial charge >= 0.3 is 0 Å². The molecule has 1 atom stereocenters. The van der Waals surface area contributed by atoms with Gasteiger partial charge in [-0.3, -0.25) is 0 Å². The lowest BCUT2D eigenvalue weighted by Crippen LogP contribution is -2.38. The van der Waals surface area contributed by atoms with E-state index in [1.807, 2.05) is 26.2 Å². The van der Waals surface area contributed by atoms with Crippen LogP contribution in [-0.4, -0.2) is 14.5 Å². The van der Waals surface area contributed by atoms with E-state index in [0.717, 1.165) is 16.9 Å². The summed E-state index contributed by atoms with van der Waals surface area (Å²) in [6, 6.07) is -0.0417. The molecule has 0 saturated carbocycles. The second-order valence-electron chi connectivity index (χ2n) is 4.76. The van der Waals surface area contributed by atoms with E-state index in [4.69, 9.17) is 5.73 Å². The van der Waals surface area contributed by atoms with Gasteiger partial charge in [0.25, 0.3) is 0 Å². The molecule has 0 fully saturated rings. The number of nitrogens with two attached hydrogens (primary N) is 1. The predicted octanol–water partition coefficient (Wildman–Crippen LogP) is 2.23. The van der Waals surface area contributed by atoms with Crippen LogP contribution in [0.1, 0.15) is 37.6 Å². The largest absolute Gasteiger partial charge is 0.326 e. The first-order chi connectivity index (χ1) is 8.33. The summed E-state index contributed by atoms with van der Waals surface area (Å²) in [4.78, 5) is 1.09. The second-order valence-corrected chi connectivity index (χ2v) is 7.37. The molecule has 0 bridgehead atoms. The van der Waals surface area contributed by atoms with Crippen molar-refractivity contribution in [1.29, 1.82) is 0 Å². The lowest BCUT2D eigenvalue weighted by atomic mass is 10.0. The Morgan fingerprint density at radius 1 is 1.44 bits per heavy atom. The zero-order valence-electron chi connectivity index (χ0n) is 11.4. The minimum atomic E-state index is -3.47. The fourth-order valence-electron chi connectivity index (χ4n) is 1.94. The third kappa shape index (κ3) is 3.32. The van der Waals surface area contributed by atoms with Gasteiger partial charge in [0.15, 0.2) is 0 Å². The van der Waals surface area contributed by atoms with Crippen molar-refractivity contribution in [3.05, 3.63) is 15.8 Å². The van der Waals surface area contributed by atoms with E-state index in [2.05, 4.69) is 4.72 Å². The molecule has 0 radical (unpaired) electrons. The highest BCUT2D eigenvalue weighted by atomic mass is 32.2. The monoisotopic (exact) mass is 290 g/mol. The number of aryl methyl sites for hydroxylation is 1. The van der Waals surface area contributed by atoms with Crippen molar-refractivity contribution in [2.75, 3.05) is 0 Å². The molecule has 1 aromatic rings. The van der Waals surface area contributed by atoms with Crippen molar-refractivity contribution in [1.82, 2.24) is 4.72 Å². The number of thiophene rings is 1. The average Bonchev–Trinajstić information content (AvgIpc) is 2.67. The topological polar surface area (TPSA) is 72.2 Å². The summed E-state index contributed by atoms with van der Waals surface area (Å²) in [5, 5.41) is 1.84. The van der Waals surface area contributed by atoms with Crippen molar-refractivity contribution in [2.24, 2.45) is 11.7 Å². The van der Waals surface area contributed by atoms with E-state index < -0.39 is 10.0 Å². The van der Waals surface area contributed by atoms with E-state index >= 15 is 0 Å². The third-order valence-electron chi connectivity index (χ3n) is 2.99. The van der Waals surface area contributed by atoms with Crippen molar-refractivity contribution in [3.63, 3.8) is 0 Å². The quantitative estimate of drug-likeness (QED) is 0.844. The lowest BCUT2D eigenvalue weighted by Gasteiger charge is -2.21. The minimum absolute atomic E-state index is 0.0417. The highest BCUT2D eigenvalue weighted by molar-refractivity contribution is 7.89. The number of hydrogen-bond acceptors (Lipinski definition) is 4. The number of hydrogen-bond donors (Lipinski definition) is 2. The van der Waals surface area contributed by atoms with Gasteiger partial charge in [0.05, 0.1) is 0 Å². The average molecular weight is 290 g/mol. The highest BCUT2D eigenvalue weighted by Crippen LogP contribution is 2.27. The molecule has 0 aliphatic rings. The molecular formula is C12H22N2O2S2. The molecule has 6 heteroatoms. The van der Waals surface area contributed by atoms with Crippen LogP contribution in [0, 0.1) is 12.8 Å². The maximum absolute atomic E-state index is 12.4. The molecule has 1 rings (SSSR count). The molecule has 3 N–H and O–H groups in total. The van der Waals surface area contributed by atoms with Gasteiger partial charge < -0.3 is 5.73 Å². The molecule has 4 nitrogen and oxygen atoms in total. The summed E-state index contributed by atoms with van der Waals surface area (Å²) in [6.07, 6.45) is 0.776. The van der Waals surface area contributed by atoms with Gasteiger partial charge in [-0.1, -0.05) is 20.8 Å². The van der Waals surface area contributed by atoms with Crippen LogP contribution >= 0.6 is 11.3 Å². The van der Waals surface area contributed by atoms with Gasteiger partial charge in [0.1, 0.15) is 4.90 Å². The summed E-state index contributed by atoms with van der Waals surface area (Å²) >= 11 is 1.40. The normalized spacial score (nSPS) is 14.1. The Morgan fingerprint density at radius 3 is 2.50 bits per heavy atom.